The summed E-state index contributed by atoms with van der Waals surface area (Å²) in [6.45, 7) is 2.17. The lowest BCUT2D eigenvalue weighted by atomic mass is 10.2. The van der Waals surface area contributed by atoms with Crippen LogP contribution in [0.15, 0.2) is 11.0 Å². The number of thioether (sulfide) groups is 1. The molecule has 0 radical (unpaired) electrons. The Morgan fingerprint density at radius 3 is 2.88 bits per heavy atom. The molecule has 1 aliphatic rings. The van der Waals surface area contributed by atoms with Gasteiger partial charge >= 0.3 is 0 Å². The Labute approximate surface area is 59.4 Å². The summed E-state index contributed by atoms with van der Waals surface area (Å²) in [7, 11) is 0. The van der Waals surface area contributed by atoms with Crippen LogP contribution in [0.5, 0.6) is 0 Å². The van der Waals surface area contributed by atoms with Crippen molar-refractivity contribution in [3.63, 3.8) is 0 Å². The van der Waals surface area contributed by atoms with E-state index in [0.29, 0.717) is 0 Å². The molecule has 8 heavy (non-hydrogen) atoms. The summed E-state index contributed by atoms with van der Waals surface area (Å²) in [5.74, 6) is 0. The van der Waals surface area contributed by atoms with Gasteiger partial charge in [0.25, 0.3) is 0 Å². The quantitative estimate of drug-likeness (QED) is 0.519. The molecule has 0 aliphatic carbocycles. The maximum absolute atomic E-state index is 4.97. The largest absolute Gasteiger partial charge is 0.0904 e. The molecule has 0 aromatic carbocycles. The van der Waals surface area contributed by atoms with Gasteiger partial charge in [0.05, 0.1) is 4.20 Å². The number of hydrogen-bond donors (Lipinski definition) is 0. The van der Waals surface area contributed by atoms with Gasteiger partial charge in [-0.25, -0.2) is 0 Å². The van der Waals surface area contributed by atoms with Gasteiger partial charge in [0.2, 0.25) is 0 Å². The van der Waals surface area contributed by atoms with Crippen molar-refractivity contribution in [3.8, 4) is 0 Å². The van der Waals surface area contributed by atoms with E-state index in [1.54, 1.807) is 11.8 Å². The Morgan fingerprint density at radius 1 is 1.88 bits per heavy atom. The van der Waals surface area contributed by atoms with Crippen molar-refractivity contribution in [1.29, 1.82) is 0 Å². The second kappa shape index (κ2) is 2.65. The number of rotatable bonds is 1. The van der Waals surface area contributed by atoms with Crippen molar-refractivity contribution in [3.05, 3.63) is 11.0 Å². The average molecular weight is 144 g/mol. The van der Waals surface area contributed by atoms with Crippen LogP contribution in [0, 0.1) is 0 Å². The molecular weight excluding hydrogens is 136 g/mol. The fourth-order valence-corrected chi connectivity index (χ4v) is 1.77. The third kappa shape index (κ3) is 1.33. The van der Waals surface area contributed by atoms with Crippen LogP contribution in [-0.4, -0.2) is 4.20 Å². The topological polar surface area (TPSA) is 0 Å². The molecule has 44 valence electrons. The molecule has 0 aromatic heterocycles. The van der Waals surface area contributed by atoms with Crippen molar-refractivity contribution >= 4 is 28.2 Å². The summed E-state index contributed by atoms with van der Waals surface area (Å²) < 4.78 is 1.13. The highest BCUT2D eigenvalue weighted by Gasteiger charge is 2.06. The van der Waals surface area contributed by atoms with Gasteiger partial charge in [0.1, 0.15) is 0 Å². The molecule has 0 N–H and O–H groups in total. The molecular formula is C6H8S2. The summed E-state index contributed by atoms with van der Waals surface area (Å²) >= 11 is 6.67. The lowest BCUT2D eigenvalue weighted by molar-refractivity contribution is 1.08. The Morgan fingerprint density at radius 2 is 2.62 bits per heavy atom. The van der Waals surface area contributed by atoms with Crippen LogP contribution in [0.4, 0.5) is 0 Å². The molecule has 0 nitrogen and oxygen atoms in total. The first-order valence-corrected chi connectivity index (χ1v) is 3.99. The molecule has 0 saturated carbocycles. The lowest BCUT2D eigenvalue weighted by Crippen LogP contribution is -1.79. The van der Waals surface area contributed by atoms with E-state index < -0.39 is 0 Å². The molecule has 1 rings (SSSR count). The Bertz CT molecular complexity index is 135. The van der Waals surface area contributed by atoms with Gasteiger partial charge in [-0.05, 0) is 11.8 Å². The molecule has 0 aromatic rings. The fraction of sp³-hybridized carbons (Fsp3) is 0.500. The predicted molar refractivity (Wildman–Crippen MR) is 43.2 cm³/mol. The van der Waals surface area contributed by atoms with Gasteiger partial charge in [-0.3, -0.25) is 0 Å². The molecule has 0 fully saturated rings. The summed E-state index contributed by atoms with van der Waals surface area (Å²) in [5, 5.41) is 2.17. The first-order valence-electron chi connectivity index (χ1n) is 2.70. The molecule has 1 heterocycles. The fourth-order valence-electron chi connectivity index (χ4n) is 0.626. The normalized spacial score (nSPS) is 19.1. The van der Waals surface area contributed by atoms with E-state index in [-0.39, 0.29) is 0 Å². The van der Waals surface area contributed by atoms with Crippen molar-refractivity contribution in [1.82, 2.24) is 0 Å². The minimum absolute atomic E-state index is 1.05. The molecule has 0 spiro atoms. The maximum Gasteiger partial charge on any atom is 0.0561 e. The molecule has 1 aliphatic heterocycles. The zero-order valence-corrected chi connectivity index (χ0v) is 6.44. The number of hydrogen-bond acceptors (Lipinski definition) is 2. The zero-order valence-electron chi connectivity index (χ0n) is 4.81. The van der Waals surface area contributed by atoms with Crippen molar-refractivity contribution in [2.45, 2.75) is 19.8 Å². The van der Waals surface area contributed by atoms with E-state index in [1.807, 2.05) is 0 Å². The highest BCUT2D eigenvalue weighted by Crippen LogP contribution is 2.26. The van der Waals surface area contributed by atoms with Crippen molar-refractivity contribution in [2.24, 2.45) is 0 Å². The third-order valence-electron chi connectivity index (χ3n) is 1.18. The molecule has 2 heteroatoms. The highest BCUT2D eigenvalue weighted by atomic mass is 32.2. The molecule has 0 atom stereocenters. The first kappa shape index (κ1) is 6.30. The van der Waals surface area contributed by atoms with E-state index in [9.17, 15) is 0 Å². The highest BCUT2D eigenvalue weighted by molar-refractivity contribution is 8.25. The molecule has 0 bridgehead atoms. The van der Waals surface area contributed by atoms with Gasteiger partial charge in [-0.2, -0.15) is 0 Å². The van der Waals surface area contributed by atoms with Crippen LogP contribution >= 0.6 is 24.0 Å². The second-order valence-electron chi connectivity index (χ2n) is 1.80. The monoisotopic (exact) mass is 144 g/mol. The molecule has 0 unspecified atom stereocenters. The SMILES string of the molecule is CCC1=CSC(=S)C1. The molecule has 0 amide bonds. The van der Waals surface area contributed by atoms with Gasteiger partial charge in [-0.15, -0.1) is 0 Å². The Balaban J connectivity index is 2.49. The van der Waals surface area contributed by atoms with Crippen LogP contribution in [0.25, 0.3) is 0 Å². The van der Waals surface area contributed by atoms with Crippen LogP contribution in [-0.2, 0) is 0 Å². The van der Waals surface area contributed by atoms with Crippen molar-refractivity contribution < 1.29 is 0 Å². The van der Waals surface area contributed by atoms with Crippen LogP contribution < -0.4 is 0 Å². The summed E-state index contributed by atoms with van der Waals surface area (Å²) in [4.78, 5) is 0. The standard InChI is InChI=1S/C6H8S2/c1-2-5-3-6(7)8-4-5/h4H,2-3H2,1H3. The van der Waals surface area contributed by atoms with E-state index in [1.165, 1.54) is 5.57 Å². The van der Waals surface area contributed by atoms with Gasteiger partial charge in [0, 0.05) is 6.42 Å². The van der Waals surface area contributed by atoms with Gasteiger partial charge < -0.3 is 0 Å². The van der Waals surface area contributed by atoms with E-state index >= 15 is 0 Å². The predicted octanol–water partition coefficient (Wildman–Crippen LogP) is 2.74. The number of allylic oxidation sites excluding steroid dienone is 1. The van der Waals surface area contributed by atoms with Crippen LogP contribution in [0.1, 0.15) is 19.8 Å². The summed E-state index contributed by atoms with van der Waals surface area (Å²) in [5.41, 5.74) is 1.49. The Kier molecular flexibility index (Phi) is 2.08. The van der Waals surface area contributed by atoms with Gasteiger partial charge in [0.15, 0.2) is 0 Å². The minimum Gasteiger partial charge on any atom is -0.0904 e. The lowest BCUT2D eigenvalue weighted by Gasteiger charge is -1.88. The summed E-state index contributed by atoms with van der Waals surface area (Å²) in [6, 6.07) is 0. The minimum atomic E-state index is 1.05. The number of thiocarbonyl (C=S) groups is 1. The zero-order chi connectivity index (χ0) is 5.98. The van der Waals surface area contributed by atoms with Crippen molar-refractivity contribution in [2.75, 3.05) is 0 Å². The Hall–Kier alpha value is 0.180. The van der Waals surface area contributed by atoms with E-state index in [0.717, 1.165) is 17.0 Å². The van der Waals surface area contributed by atoms with Crippen LogP contribution in [0.2, 0.25) is 0 Å². The molecule has 0 saturated heterocycles. The third-order valence-corrected chi connectivity index (χ3v) is 2.47. The van der Waals surface area contributed by atoms with E-state index in [2.05, 4.69) is 12.3 Å². The van der Waals surface area contributed by atoms with E-state index in [4.69, 9.17) is 12.2 Å². The smallest absolute Gasteiger partial charge is 0.0561 e. The van der Waals surface area contributed by atoms with Gasteiger partial charge in [-0.1, -0.05) is 36.5 Å². The first-order chi connectivity index (χ1) is 3.83. The van der Waals surface area contributed by atoms with Crippen LogP contribution in [0.3, 0.4) is 0 Å². The second-order valence-corrected chi connectivity index (χ2v) is 3.51. The summed E-state index contributed by atoms with van der Waals surface area (Å²) in [6.07, 6.45) is 2.21. The maximum atomic E-state index is 4.97. The average Bonchev–Trinajstić information content (AvgIpc) is 2.14.